The molecule has 0 spiro atoms. The lowest BCUT2D eigenvalue weighted by atomic mass is 9.65. The van der Waals surface area contributed by atoms with Crippen LogP contribution in [0.15, 0.2) is 97.1 Å². The molecule has 4 rings (SSSR count). The first-order valence-corrected chi connectivity index (χ1v) is 13.1. The first kappa shape index (κ1) is 28.8. The van der Waals surface area contributed by atoms with Crippen molar-refractivity contribution in [2.45, 2.75) is 33.1 Å². The molecule has 41 heavy (non-hydrogen) atoms. The maximum atomic E-state index is 11.7. The first-order valence-electron chi connectivity index (χ1n) is 13.1. The van der Waals surface area contributed by atoms with Gasteiger partial charge in [0.15, 0.2) is 0 Å². The van der Waals surface area contributed by atoms with Crippen molar-refractivity contribution in [2.75, 3.05) is 21.3 Å². The maximum absolute atomic E-state index is 11.7. The molecule has 4 aromatic rings. The van der Waals surface area contributed by atoms with E-state index < -0.39 is 5.41 Å². The number of hydrogen-bond acceptors (Lipinski definition) is 4. The number of benzene rings is 4. The molecule has 4 aromatic carbocycles. The summed E-state index contributed by atoms with van der Waals surface area (Å²) < 4.78 is 0. The molecule has 0 heterocycles. The van der Waals surface area contributed by atoms with E-state index in [-0.39, 0.29) is 23.6 Å². The number of amides is 4. The highest BCUT2D eigenvalue weighted by molar-refractivity contribution is 5.90. The van der Waals surface area contributed by atoms with E-state index in [0.29, 0.717) is 22.7 Å². The van der Waals surface area contributed by atoms with E-state index >= 15 is 0 Å². The van der Waals surface area contributed by atoms with Crippen LogP contribution in [0.2, 0.25) is 0 Å². The number of carbonyl (C=O) groups excluding carboxylic acids is 4. The Balaban J connectivity index is 1.99. The standard InChI is InChI=1S/C33H32N4O4/c1-21(38)34-29-13-5-25(6-14-29)33(26-7-15-30(16-8-26)35-22(2)39,27-9-17-31(18-10-27)36-23(3)40)28-11-19-32(20-12-28)37-24(4)41/h5-20H,1-4H3,(H,34,38)(H,35,39)(H,36,40)(H,37,41). The van der Waals surface area contributed by atoms with Crippen molar-refractivity contribution in [1.82, 2.24) is 0 Å². The molecule has 0 aromatic heterocycles. The SMILES string of the molecule is CC(=O)Nc1ccc(C(c2ccc(NC(C)=O)cc2)(c2ccc(NC(C)=O)cc2)c2ccc(NC(C)=O)cc2)cc1. The smallest absolute Gasteiger partial charge is 0.221 e. The average Bonchev–Trinajstić information content (AvgIpc) is 2.91. The van der Waals surface area contributed by atoms with Gasteiger partial charge in [0, 0.05) is 50.4 Å². The van der Waals surface area contributed by atoms with E-state index in [0.717, 1.165) is 22.3 Å². The molecule has 0 aliphatic rings. The van der Waals surface area contributed by atoms with Gasteiger partial charge in [-0.05, 0) is 70.8 Å². The Morgan fingerprint density at radius 1 is 0.366 bits per heavy atom. The van der Waals surface area contributed by atoms with Gasteiger partial charge in [0.1, 0.15) is 0 Å². The molecule has 0 atom stereocenters. The van der Waals surface area contributed by atoms with E-state index in [1.807, 2.05) is 97.1 Å². The van der Waals surface area contributed by atoms with E-state index in [4.69, 9.17) is 0 Å². The molecule has 0 radical (unpaired) electrons. The summed E-state index contributed by atoms with van der Waals surface area (Å²) in [5, 5.41) is 11.3. The summed E-state index contributed by atoms with van der Waals surface area (Å²) in [6.45, 7) is 5.84. The van der Waals surface area contributed by atoms with E-state index in [9.17, 15) is 19.2 Å². The highest BCUT2D eigenvalue weighted by Crippen LogP contribution is 2.46. The zero-order valence-corrected chi connectivity index (χ0v) is 23.4. The Kier molecular flexibility index (Phi) is 8.63. The van der Waals surface area contributed by atoms with Crippen molar-refractivity contribution >= 4 is 46.4 Å². The van der Waals surface area contributed by atoms with Crippen LogP contribution in [0.1, 0.15) is 49.9 Å². The topological polar surface area (TPSA) is 116 Å². The third-order valence-corrected chi connectivity index (χ3v) is 6.55. The highest BCUT2D eigenvalue weighted by Gasteiger charge is 2.38. The Bertz CT molecular complexity index is 1320. The van der Waals surface area contributed by atoms with Crippen LogP contribution in [0.5, 0.6) is 0 Å². The lowest BCUT2D eigenvalue weighted by Gasteiger charge is -2.37. The van der Waals surface area contributed by atoms with Crippen molar-refractivity contribution in [3.8, 4) is 0 Å². The molecular formula is C33H32N4O4. The predicted molar refractivity (Wildman–Crippen MR) is 162 cm³/mol. The molecule has 8 nitrogen and oxygen atoms in total. The molecule has 0 unspecified atom stereocenters. The molecule has 0 aliphatic carbocycles. The molecule has 8 heteroatoms. The average molecular weight is 549 g/mol. The fourth-order valence-electron chi connectivity index (χ4n) is 5.03. The molecule has 0 saturated carbocycles. The molecule has 0 fully saturated rings. The largest absolute Gasteiger partial charge is 0.326 e. The summed E-state index contributed by atoms with van der Waals surface area (Å²) in [6, 6.07) is 30.6. The number of rotatable bonds is 8. The van der Waals surface area contributed by atoms with Crippen LogP contribution < -0.4 is 21.3 Å². The molecule has 0 saturated heterocycles. The van der Waals surface area contributed by atoms with Crippen LogP contribution in [0.25, 0.3) is 0 Å². The summed E-state index contributed by atoms with van der Waals surface area (Å²) in [7, 11) is 0. The Labute approximate surface area is 239 Å². The van der Waals surface area contributed by atoms with Gasteiger partial charge >= 0.3 is 0 Å². The summed E-state index contributed by atoms with van der Waals surface area (Å²) in [5.41, 5.74) is 5.47. The van der Waals surface area contributed by atoms with Crippen LogP contribution in [0.3, 0.4) is 0 Å². The van der Waals surface area contributed by atoms with E-state index in [1.165, 1.54) is 27.7 Å². The van der Waals surface area contributed by atoms with Gasteiger partial charge in [-0.1, -0.05) is 48.5 Å². The van der Waals surface area contributed by atoms with Crippen LogP contribution >= 0.6 is 0 Å². The van der Waals surface area contributed by atoms with Gasteiger partial charge in [-0.2, -0.15) is 0 Å². The lowest BCUT2D eigenvalue weighted by Crippen LogP contribution is -2.31. The third kappa shape index (κ3) is 6.67. The third-order valence-electron chi connectivity index (χ3n) is 6.55. The van der Waals surface area contributed by atoms with Gasteiger partial charge in [0.25, 0.3) is 0 Å². The second kappa shape index (κ2) is 12.3. The monoisotopic (exact) mass is 548 g/mol. The van der Waals surface area contributed by atoms with Gasteiger partial charge in [-0.3, -0.25) is 19.2 Å². The maximum Gasteiger partial charge on any atom is 0.221 e. The van der Waals surface area contributed by atoms with Gasteiger partial charge in [0.05, 0.1) is 5.41 Å². The summed E-state index contributed by atoms with van der Waals surface area (Å²) in [4.78, 5) is 46.7. The van der Waals surface area contributed by atoms with Crippen molar-refractivity contribution in [2.24, 2.45) is 0 Å². The fourth-order valence-corrected chi connectivity index (χ4v) is 5.03. The summed E-state index contributed by atoms with van der Waals surface area (Å²) in [5.74, 6) is -0.668. The van der Waals surface area contributed by atoms with Crippen molar-refractivity contribution in [3.05, 3.63) is 119 Å². The number of anilines is 4. The second-order valence-corrected chi connectivity index (χ2v) is 9.78. The van der Waals surface area contributed by atoms with Gasteiger partial charge in [0.2, 0.25) is 23.6 Å². The molecule has 4 amide bonds. The first-order chi connectivity index (χ1) is 19.6. The summed E-state index contributed by atoms with van der Waals surface area (Å²) >= 11 is 0. The minimum absolute atomic E-state index is 0.167. The minimum atomic E-state index is -0.854. The van der Waals surface area contributed by atoms with Crippen LogP contribution in [-0.2, 0) is 24.6 Å². The van der Waals surface area contributed by atoms with Crippen LogP contribution in [0.4, 0.5) is 22.7 Å². The van der Waals surface area contributed by atoms with Crippen molar-refractivity contribution < 1.29 is 19.2 Å². The highest BCUT2D eigenvalue weighted by atomic mass is 16.2. The van der Waals surface area contributed by atoms with Crippen LogP contribution in [0, 0.1) is 0 Å². The van der Waals surface area contributed by atoms with E-state index in [2.05, 4.69) is 21.3 Å². The molecular weight excluding hydrogens is 516 g/mol. The molecule has 0 aliphatic heterocycles. The number of carbonyl (C=O) groups is 4. The van der Waals surface area contributed by atoms with Crippen molar-refractivity contribution in [3.63, 3.8) is 0 Å². The number of hydrogen-bond donors (Lipinski definition) is 4. The Morgan fingerprint density at radius 2 is 0.537 bits per heavy atom. The normalized spacial score (nSPS) is 10.8. The number of nitrogens with one attached hydrogen (secondary N) is 4. The Morgan fingerprint density at radius 3 is 0.683 bits per heavy atom. The van der Waals surface area contributed by atoms with Gasteiger partial charge in [-0.25, -0.2) is 0 Å². The van der Waals surface area contributed by atoms with Gasteiger partial charge < -0.3 is 21.3 Å². The zero-order chi connectivity index (χ0) is 29.6. The minimum Gasteiger partial charge on any atom is -0.326 e. The predicted octanol–water partition coefficient (Wildman–Crippen LogP) is 5.90. The molecule has 0 bridgehead atoms. The van der Waals surface area contributed by atoms with Gasteiger partial charge in [-0.15, -0.1) is 0 Å². The van der Waals surface area contributed by atoms with Crippen molar-refractivity contribution in [1.29, 1.82) is 0 Å². The molecule has 208 valence electrons. The van der Waals surface area contributed by atoms with E-state index in [1.54, 1.807) is 0 Å². The summed E-state index contributed by atoms with van der Waals surface area (Å²) in [6.07, 6.45) is 0. The Hall–Kier alpha value is -5.24. The zero-order valence-electron chi connectivity index (χ0n) is 23.4. The quantitative estimate of drug-likeness (QED) is 0.205. The van der Waals surface area contributed by atoms with Crippen LogP contribution in [-0.4, -0.2) is 23.6 Å². The lowest BCUT2D eigenvalue weighted by molar-refractivity contribution is -0.115. The second-order valence-electron chi connectivity index (χ2n) is 9.78. The fraction of sp³-hybridized carbons (Fsp3) is 0.152. The molecule has 4 N–H and O–H groups in total.